The molecule has 26 heavy (non-hydrogen) atoms. The lowest BCUT2D eigenvalue weighted by Gasteiger charge is -2.20. The summed E-state index contributed by atoms with van der Waals surface area (Å²) in [6.45, 7) is 0.100. The van der Waals surface area contributed by atoms with Gasteiger partial charge in [-0.25, -0.2) is 4.39 Å². The number of ether oxygens (including phenoxy) is 2. The third kappa shape index (κ3) is 3.66. The maximum absolute atomic E-state index is 13.7. The average molecular weight is 363 g/mol. The fourth-order valence-corrected chi connectivity index (χ4v) is 2.54. The van der Waals surface area contributed by atoms with Gasteiger partial charge in [-0.05, 0) is 12.1 Å². The lowest BCUT2D eigenvalue weighted by Crippen LogP contribution is -2.27. The van der Waals surface area contributed by atoms with Crippen LogP contribution < -0.4 is 15.2 Å². The van der Waals surface area contributed by atoms with Crippen molar-refractivity contribution in [2.24, 2.45) is 0 Å². The fraction of sp³-hybridized carbons (Fsp3) is 0.235. The molecule has 0 aromatic heterocycles. The van der Waals surface area contributed by atoms with Gasteiger partial charge in [-0.1, -0.05) is 12.1 Å². The van der Waals surface area contributed by atoms with Gasteiger partial charge in [-0.15, -0.1) is 0 Å². The Morgan fingerprint density at radius 1 is 1.31 bits per heavy atom. The molecule has 0 unspecified atom stereocenters. The van der Waals surface area contributed by atoms with Gasteiger partial charge in [-0.2, -0.15) is 0 Å². The molecule has 0 atom stereocenters. The molecule has 1 amide bonds. The molecule has 0 spiro atoms. The Balaban J connectivity index is 2.36. The normalized spacial score (nSPS) is 10.3. The van der Waals surface area contributed by atoms with E-state index < -0.39 is 22.3 Å². The molecule has 0 saturated carbocycles. The van der Waals surface area contributed by atoms with E-state index in [0.717, 1.165) is 6.07 Å². The maximum Gasteiger partial charge on any atom is 0.295 e. The Kier molecular flexibility index (Phi) is 5.61. The number of rotatable bonds is 6. The highest BCUT2D eigenvalue weighted by molar-refractivity contribution is 6.00. The van der Waals surface area contributed by atoms with Gasteiger partial charge in [0.15, 0.2) is 11.5 Å². The number of benzene rings is 2. The second-order valence-corrected chi connectivity index (χ2v) is 5.46. The van der Waals surface area contributed by atoms with Crippen molar-refractivity contribution < 1.29 is 23.6 Å². The predicted octanol–water partition coefficient (Wildman–Crippen LogP) is 2.61. The van der Waals surface area contributed by atoms with Gasteiger partial charge in [0.1, 0.15) is 11.5 Å². The van der Waals surface area contributed by atoms with E-state index in [4.69, 9.17) is 15.2 Å². The van der Waals surface area contributed by atoms with Gasteiger partial charge in [0.05, 0.1) is 30.8 Å². The van der Waals surface area contributed by atoms with Crippen molar-refractivity contribution in [2.75, 3.05) is 27.0 Å². The number of carbonyl (C=O) groups excluding carboxylic acids is 1. The summed E-state index contributed by atoms with van der Waals surface area (Å²) in [6, 6.07) is 6.73. The summed E-state index contributed by atoms with van der Waals surface area (Å²) in [4.78, 5) is 24.0. The van der Waals surface area contributed by atoms with Crippen molar-refractivity contribution in [1.82, 2.24) is 4.90 Å². The van der Waals surface area contributed by atoms with E-state index in [2.05, 4.69) is 0 Å². The van der Waals surface area contributed by atoms with Crippen molar-refractivity contribution in [3.8, 4) is 11.5 Å². The number of anilines is 1. The number of nitro benzene ring substituents is 1. The Morgan fingerprint density at radius 3 is 2.58 bits per heavy atom. The number of hydrogen-bond acceptors (Lipinski definition) is 6. The van der Waals surface area contributed by atoms with Crippen LogP contribution in [0, 0.1) is 15.9 Å². The molecule has 0 aliphatic carbocycles. The van der Waals surface area contributed by atoms with E-state index in [-0.39, 0.29) is 17.8 Å². The number of hydrogen-bond donors (Lipinski definition) is 1. The average Bonchev–Trinajstić information content (AvgIpc) is 2.62. The molecule has 0 saturated heterocycles. The summed E-state index contributed by atoms with van der Waals surface area (Å²) < 4.78 is 24.2. The standard InChI is InChI=1S/C17H18FN3O5/c1-20(9-10-5-4-6-14(25-2)16(10)26-3)17(22)12-7-11(18)8-13(15(12)19)21(23)24/h4-8H,9,19H2,1-3H3. The molecular formula is C17H18FN3O5. The van der Waals surface area contributed by atoms with Crippen molar-refractivity contribution in [3.63, 3.8) is 0 Å². The van der Waals surface area contributed by atoms with Crippen molar-refractivity contribution in [1.29, 1.82) is 0 Å². The monoisotopic (exact) mass is 363 g/mol. The first-order chi connectivity index (χ1) is 12.3. The number of carbonyl (C=O) groups is 1. The number of para-hydroxylation sites is 1. The first kappa shape index (κ1) is 19.0. The minimum atomic E-state index is -0.915. The number of nitrogens with zero attached hydrogens (tertiary/aromatic N) is 2. The lowest BCUT2D eigenvalue weighted by atomic mass is 10.1. The Labute approximate surface area is 149 Å². The van der Waals surface area contributed by atoms with Gasteiger partial charge < -0.3 is 20.1 Å². The molecule has 2 N–H and O–H groups in total. The molecule has 8 nitrogen and oxygen atoms in total. The highest BCUT2D eigenvalue weighted by Gasteiger charge is 2.24. The van der Waals surface area contributed by atoms with Gasteiger partial charge in [0.2, 0.25) is 0 Å². The second-order valence-electron chi connectivity index (χ2n) is 5.46. The summed E-state index contributed by atoms with van der Waals surface area (Å²) in [5, 5.41) is 11.0. The van der Waals surface area contributed by atoms with Crippen LogP contribution in [0.25, 0.3) is 0 Å². The van der Waals surface area contributed by atoms with Crippen molar-refractivity contribution in [3.05, 3.63) is 57.4 Å². The SMILES string of the molecule is COc1cccc(CN(C)C(=O)c2cc(F)cc([N+](=O)[O-])c2N)c1OC. The topological polar surface area (TPSA) is 108 Å². The zero-order valence-corrected chi connectivity index (χ0v) is 14.5. The summed E-state index contributed by atoms with van der Waals surface area (Å²) in [5.41, 5.74) is 5.02. The van der Waals surface area contributed by atoms with Crippen LogP contribution in [0.3, 0.4) is 0 Å². The highest BCUT2D eigenvalue weighted by Crippen LogP contribution is 2.32. The quantitative estimate of drug-likeness (QED) is 0.480. The predicted molar refractivity (Wildman–Crippen MR) is 92.8 cm³/mol. The van der Waals surface area contributed by atoms with Crippen LogP contribution in [-0.2, 0) is 6.54 Å². The van der Waals surface area contributed by atoms with E-state index in [1.807, 2.05) is 0 Å². The Hall–Kier alpha value is -3.36. The van der Waals surface area contributed by atoms with E-state index in [1.165, 1.54) is 26.2 Å². The molecule has 0 heterocycles. The molecule has 2 aromatic rings. The fourth-order valence-electron chi connectivity index (χ4n) is 2.54. The number of amides is 1. The first-order valence-corrected chi connectivity index (χ1v) is 7.48. The van der Waals surface area contributed by atoms with Crippen LogP contribution in [0.5, 0.6) is 11.5 Å². The molecule has 0 bridgehead atoms. The minimum Gasteiger partial charge on any atom is -0.493 e. The van der Waals surface area contributed by atoms with E-state index in [1.54, 1.807) is 18.2 Å². The maximum atomic E-state index is 13.7. The molecule has 0 radical (unpaired) electrons. The number of nitrogens with two attached hydrogens (primary N) is 1. The summed E-state index contributed by atoms with van der Waals surface area (Å²) >= 11 is 0. The van der Waals surface area contributed by atoms with Crippen molar-refractivity contribution in [2.45, 2.75) is 6.54 Å². The van der Waals surface area contributed by atoms with Gasteiger partial charge in [0.25, 0.3) is 11.6 Å². The molecule has 9 heteroatoms. The minimum absolute atomic E-state index is 0.100. The Morgan fingerprint density at radius 2 is 2.00 bits per heavy atom. The molecule has 0 aliphatic rings. The second kappa shape index (κ2) is 7.68. The largest absolute Gasteiger partial charge is 0.493 e. The Bertz CT molecular complexity index is 857. The number of nitro groups is 1. The van der Waals surface area contributed by atoms with Gasteiger partial charge >= 0.3 is 0 Å². The molecule has 2 rings (SSSR count). The van der Waals surface area contributed by atoms with Crippen LogP contribution in [0.15, 0.2) is 30.3 Å². The van der Waals surface area contributed by atoms with Crippen LogP contribution in [0.1, 0.15) is 15.9 Å². The van der Waals surface area contributed by atoms with E-state index in [9.17, 15) is 19.3 Å². The number of methoxy groups -OCH3 is 2. The number of nitrogen functional groups attached to an aromatic ring is 1. The zero-order valence-electron chi connectivity index (χ0n) is 14.5. The summed E-state index contributed by atoms with van der Waals surface area (Å²) in [6.07, 6.45) is 0. The smallest absolute Gasteiger partial charge is 0.295 e. The van der Waals surface area contributed by atoms with E-state index >= 15 is 0 Å². The molecule has 0 fully saturated rings. The summed E-state index contributed by atoms with van der Waals surface area (Å²) in [7, 11) is 4.43. The first-order valence-electron chi connectivity index (χ1n) is 7.48. The molecule has 0 aliphatic heterocycles. The lowest BCUT2D eigenvalue weighted by molar-refractivity contribution is -0.384. The van der Waals surface area contributed by atoms with Crippen LogP contribution in [-0.4, -0.2) is 37.0 Å². The van der Waals surface area contributed by atoms with Gasteiger partial charge in [-0.3, -0.25) is 14.9 Å². The zero-order chi connectivity index (χ0) is 19.4. The molecule has 2 aromatic carbocycles. The summed E-state index contributed by atoms with van der Waals surface area (Å²) in [5.74, 6) is -0.629. The molecule has 138 valence electrons. The molecular weight excluding hydrogens is 345 g/mol. The van der Waals surface area contributed by atoms with Crippen LogP contribution in [0.2, 0.25) is 0 Å². The third-order valence-electron chi connectivity index (χ3n) is 3.79. The number of halogens is 1. The van der Waals surface area contributed by atoms with Crippen LogP contribution >= 0.6 is 0 Å². The van der Waals surface area contributed by atoms with Gasteiger partial charge in [0, 0.05) is 19.2 Å². The van der Waals surface area contributed by atoms with Crippen LogP contribution in [0.4, 0.5) is 15.8 Å². The third-order valence-corrected chi connectivity index (χ3v) is 3.79. The van der Waals surface area contributed by atoms with E-state index in [0.29, 0.717) is 23.1 Å². The highest BCUT2D eigenvalue weighted by atomic mass is 19.1. The van der Waals surface area contributed by atoms with Crippen molar-refractivity contribution >= 4 is 17.3 Å².